The van der Waals surface area contributed by atoms with Crippen LogP contribution in [0.25, 0.3) is 11.3 Å². The third-order valence-electron chi connectivity index (χ3n) is 4.44. The molecule has 7 heteroatoms. The number of hydrogen-bond acceptors (Lipinski definition) is 4. The highest BCUT2D eigenvalue weighted by Crippen LogP contribution is 2.25. The maximum Gasteiger partial charge on any atom is 0.287 e. The van der Waals surface area contributed by atoms with Gasteiger partial charge in [-0.3, -0.25) is 4.79 Å². The van der Waals surface area contributed by atoms with Gasteiger partial charge in [-0.1, -0.05) is 12.1 Å². The molecule has 1 aliphatic rings. The second-order valence-corrected chi connectivity index (χ2v) is 6.13. The van der Waals surface area contributed by atoms with E-state index in [9.17, 15) is 9.18 Å². The number of aryl methyl sites for hydroxylation is 2. The average molecular weight is 340 g/mol. The monoisotopic (exact) mass is 340 g/mol. The molecule has 1 aliphatic heterocycles. The summed E-state index contributed by atoms with van der Waals surface area (Å²) in [6.07, 6.45) is 1.56. The number of amides is 1. The van der Waals surface area contributed by atoms with E-state index in [1.165, 1.54) is 6.07 Å². The van der Waals surface area contributed by atoms with Gasteiger partial charge >= 0.3 is 0 Å². The lowest BCUT2D eigenvalue weighted by atomic mass is 10.1. The molecule has 1 atom stereocenters. The summed E-state index contributed by atoms with van der Waals surface area (Å²) in [4.78, 5) is 12.4. The molecule has 0 saturated carbocycles. The van der Waals surface area contributed by atoms with Crippen LogP contribution in [0.5, 0.6) is 0 Å². The lowest BCUT2D eigenvalue weighted by molar-refractivity contribution is 0.0900. The lowest BCUT2D eigenvalue weighted by Crippen LogP contribution is -2.41. The molecule has 0 aliphatic carbocycles. The fraction of sp³-hybridized carbons (Fsp3) is 0.278. The SMILES string of the molecule is Cc1nnc2n1C[C@H](NC(=O)c1ccc(-c3ccccc3F)o1)CC2. The van der Waals surface area contributed by atoms with Gasteiger partial charge in [0.05, 0.1) is 5.56 Å². The van der Waals surface area contributed by atoms with Gasteiger partial charge in [0.25, 0.3) is 5.91 Å². The van der Waals surface area contributed by atoms with E-state index in [2.05, 4.69) is 15.5 Å². The Balaban J connectivity index is 1.48. The van der Waals surface area contributed by atoms with Gasteiger partial charge in [-0.2, -0.15) is 0 Å². The van der Waals surface area contributed by atoms with Crippen LogP contribution in [0.2, 0.25) is 0 Å². The summed E-state index contributed by atoms with van der Waals surface area (Å²) in [6.45, 7) is 2.54. The third-order valence-corrected chi connectivity index (χ3v) is 4.44. The number of hydrogen-bond donors (Lipinski definition) is 1. The molecule has 0 spiro atoms. The van der Waals surface area contributed by atoms with Crippen molar-refractivity contribution >= 4 is 5.91 Å². The number of carbonyl (C=O) groups is 1. The summed E-state index contributed by atoms with van der Waals surface area (Å²) in [5, 5.41) is 11.2. The largest absolute Gasteiger partial charge is 0.451 e. The summed E-state index contributed by atoms with van der Waals surface area (Å²) in [6, 6.07) is 9.47. The van der Waals surface area contributed by atoms with Gasteiger partial charge in [0.2, 0.25) is 0 Å². The maximum absolute atomic E-state index is 13.8. The molecule has 3 heterocycles. The van der Waals surface area contributed by atoms with Crippen molar-refractivity contribution in [2.24, 2.45) is 0 Å². The second kappa shape index (κ2) is 6.16. The maximum atomic E-state index is 13.8. The molecular weight excluding hydrogens is 323 g/mol. The predicted molar refractivity (Wildman–Crippen MR) is 88.4 cm³/mol. The van der Waals surface area contributed by atoms with Crippen molar-refractivity contribution in [1.82, 2.24) is 20.1 Å². The fourth-order valence-electron chi connectivity index (χ4n) is 3.10. The van der Waals surface area contributed by atoms with Gasteiger partial charge in [-0.25, -0.2) is 4.39 Å². The zero-order valence-electron chi connectivity index (χ0n) is 13.7. The van der Waals surface area contributed by atoms with Gasteiger partial charge in [-0.05, 0) is 37.6 Å². The fourth-order valence-corrected chi connectivity index (χ4v) is 3.10. The molecule has 0 bridgehead atoms. The zero-order chi connectivity index (χ0) is 17.4. The van der Waals surface area contributed by atoms with E-state index in [0.29, 0.717) is 17.9 Å². The summed E-state index contributed by atoms with van der Waals surface area (Å²) < 4.78 is 21.4. The smallest absolute Gasteiger partial charge is 0.287 e. The molecule has 25 heavy (non-hydrogen) atoms. The molecule has 128 valence electrons. The summed E-state index contributed by atoms with van der Waals surface area (Å²) in [7, 11) is 0. The number of fused-ring (bicyclic) bond motifs is 1. The summed E-state index contributed by atoms with van der Waals surface area (Å²) >= 11 is 0. The third kappa shape index (κ3) is 2.93. The number of nitrogens with zero attached hydrogens (tertiary/aromatic N) is 3. The number of benzene rings is 1. The van der Waals surface area contributed by atoms with Crippen molar-refractivity contribution in [1.29, 1.82) is 0 Å². The van der Waals surface area contributed by atoms with Crippen molar-refractivity contribution in [3.8, 4) is 11.3 Å². The van der Waals surface area contributed by atoms with E-state index in [0.717, 1.165) is 24.5 Å². The molecule has 0 fully saturated rings. The van der Waals surface area contributed by atoms with Gasteiger partial charge in [0.1, 0.15) is 23.2 Å². The Labute approximate surface area is 143 Å². The second-order valence-electron chi connectivity index (χ2n) is 6.13. The summed E-state index contributed by atoms with van der Waals surface area (Å²) in [5.74, 6) is 1.61. The Bertz CT molecular complexity index is 931. The first-order valence-corrected chi connectivity index (χ1v) is 8.16. The van der Waals surface area contributed by atoms with Crippen molar-refractivity contribution in [2.75, 3.05) is 0 Å². The minimum absolute atomic E-state index is 0.0169. The molecule has 1 N–H and O–H groups in total. The Morgan fingerprint density at radius 3 is 2.96 bits per heavy atom. The topological polar surface area (TPSA) is 73.0 Å². The van der Waals surface area contributed by atoms with Gasteiger partial charge < -0.3 is 14.3 Å². The van der Waals surface area contributed by atoms with Crippen molar-refractivity contribution in [3.63, 3.8) is 0 Å². The van der Waals surface area contributed by atoms with Crippen molar-refractivity contribution in [3.05, 3.63) is 59.6 Å². The zero-order valence-corrected chi connectivity index (χ0v) is 13.7. The summed E-state index contributed by atoms with van der Waals surface area (Å²) in [5.41, 5.74) is 0.337. The number of nitrogens with one attached hydrogen (secondary N) is 1. The molecule has 0 saturated heterocycles. The highest BCUT2D eigenvalue weighted by molar-refractivity contribution is 5.92. The van der Waals surface area contributed by atoms with E-state index < -0.39 is 0 Å². The molecule has 1 amide bonds. The number of halogens is 1. The predicted octanol–water partition coefficient (Wildman–Crippen LogP) is 2.73. The van der Waals surface area contributed by atoms with E-state index >= 15 is 0 Å². The first-order chi connectivity index (χ1) is 12.1. The van der Waals surface area contributed by atoms with Crippen LogP contribution in [0.4, 0.5) is 4.39 Å². The molecule has 3 aromatic rings. The molecule has 0 unspecified atom stereocenters. The van der Waals surface area contributed by atoms with Crippen molar-refractivity contribution < 1.29 is 13.6 Å². The lowest BCUT2D eigenvalue weighted by Gasteiger charge is -2.24. The molecule has 6 nitrogen and oxygen atoms in total. The van der Waals surface area contributed by atoms with E-state index in [1.807, 2.05) is 11.5 Å². The molecule has 0 radical (unpaired) electrons. The Hall–Kier alpha value is -2.96. The first-order valence-electron chi connectivity index (χ1n) is 8.16. The van der Waals surface area contributed by atoms with Crippen LogP contribution >= 0.6 is 0 Å². The number of rotatable bonds is 3. The average Bonchev–Trinajstić information content (AvgIpc) is 3.23. The standard InChI is InChI=1S/C18H17FN4O2/c1-11-21-22-17-9-6-12(10-23(11)17)20-18(24)16-8-7-15(25-16)13-4-2-3-5-14(13)19/h2-5,7-8,12H,6,9-10H2,1H3,(H,20,24)/t12-/m1/s1. The number of aromatic nitrogens is 3. The highest BCUT2D eigenvalue weighted by Gasteiger charge is 2.24. The minimum atomic E-state index is -0.383. The van der Waals surface area contributed by atoms with Crippen LogP contribution in [0.1, 0.15) is 28.6 Å². The van der Waals surface area contributed by atoms with Crippen LogP contribution in [0, 0.1) is 12.7 Å². The van der Waals surface area contributed by atoms with E-state index in [1.54, 1.807) is 30.3 Å². The number of carbonyl (C=O) groups excluding carboxylic acids is 1. The Kier molecular flexibility index (Phi) is 3.83. The molecule has 1 aromatic carbocycles. The van der Waals surface area contributed by atoms with Gasteiger partial charge in [0, 0.05) is 19.0 Å². The Morgan fingerprint density at radius 1 is 1.28 bits per heavy atom. The van der Waals surface area contributed by atoms with Crippen molar-refractivity contribution in [2.45, 2.75) is 32.4 Å². The highest BCUT2D eigenvalue weighted by atomic mass is 19.1. The van der Waals surface area contributed by atoms with Crippen LogP contribution < -0.4 is 5.32 Å². The quantitative estimate of drug-likeness (QED) is 0.796. The Morgan fingerprint density at radius 2 is 2.12 bits per heavy atom. The normalized spacial score (nSPS) is 16.5. The van der Waals surface area contributed by atoms with Gasteiger partial charge in [-0.15, -0.1) is 10.2 Å². The van der Waals surface area contributed by atoms with Crippen LogP contribution in [0.15, 0.2) is 40.8 Å². The molecule has 4 rings (SSSR count). The van der Waals surface area contributed by atoms with Crippen LogP contribution in [-0.2, 0) is 13.0 Å². The number of furan rings is 1. The van der Waals surface area contributed by atoms with E-state index in [-0.39, 0.29) is 23.5 Å². The minimum Gasteiger partial charge on any atom is -0.451 e. The van der Waals surface area contributed by atoms with Crippen LogP contribution in [-0.4, -0.2) is 26.7 Å². The van der Waals surface area contributed by atoms with E-state index in [4.69, 9.17) is 4.42 Å². The van der Waals surface area contributed by atoms with Gasteiger partial charge in [0.15, 0.2) is 5.76 Å². The molecular formula is C18H17FN4O2. The first kappa shape index (κ1) is 15.6. The van der Waals surface area contributed by atoms with Crippen LogP contribution in [0.3, 0.4) is 0 Å². The molecule has 2 aromatic heterocycles.